The monoisotopic (exact) mass is 464 g/mol. The van der Waals surface area contributed by atoms with Gasteiger partial charge >= 0.3 is 12.1 Å². The number of halogens is 3. The van der Waals surface area contributed by atoms with Gasteiger partial charge in [-0.3, -0.25) is 4.99 Å². The van der Waals surface area contributed by atoms with Gasteiger partial charge < -0.3 is 9.67 Å². The molecule has 0 fully saturated rings. The number of carboxylic acids is 1. The van der Waals surface area contributed by atoms with E-state index in [1.165, 1.54) is 31.5 Å². The number of carbonyl (C=O) groups is 1. The van der Waals surface area contributed by atoms with Gasteiger partial charge in [-0.05, 0) is 18.6 Å². The van der Waals surface area contributed by atoms with Crippen LogP contribution in [0.15, 0.2) is 83.4 Å². The number of aliphatic imine (C=N–C) groups is 1. The topological polar surface area (TPSA) is 91.3 Å². The van der Waals surface area contributed by atoms with Gasteiger partial charge in [-0.1, -0.05) is 48.5 Å². The number of imidazole rings is 1. The van der Waals surface area contributed by atoms with Crippen molar-refractivity contribution in [2.45, 2.75) is 25.6 Å². The smallest absolute Gasteiger partial charge is 0.416 e. The maximum Gasteiger partial charge on any atom is 0.416 e. The molecule has 0 saturated carbocycles. The summed E-state index contributed by atoms with van der Waals surface area (Å²) in [5.41, 5.74) is 0.289. The minimum Gasteiger partial charge on any atom is -0.478 e. The first-order valence-corrected chi connectivity index (χ1v) is 10.3. The fourth-order valence-electron chi connectivity index (χ4n) is 4.21. The molecule has 3 aromatic rings. The van der Waals surface area contributed by atoms with E-state index in [9.17, 15) is 28.3 Å². The van der Waals surface area contributed by atoms with Crippen LogP contribution in [0.1, 0.15) is 24.0 Å². The van der Waals surface area contributed by atoms with Crippen LogP contribution in [-0.2, 0) is 17.5 Å². The second-order valence-electron chi connectivity index (χ2n) is 7.89. The number of aromatic nitrogens is 2. The van der Waals surface area contributed by atoms with Crippen molar-refractivity contribution in [2.24, 2.45) is 10.9 Å². The molecule has 1 aliphatic heterocycles. The first-order chi connectivity index (χ1) is 16.2. The molecular formula is C25H19F3N4O2. The van der Waals surface area contributed by atoms with E-state index in [4.69, 9.17) is 0 Å². The van der Waals surface area contributed by atoms with E-state index in [2.05, 4.69) is 9.98 Å². The molecule has 34 heavy (non-hydrogen) atoms. The Balaban J connectivity index is 1.83. The van der Waals surface area contributed by atoms with Crippen LogP contribution in [0.3, 0.4) is 0 Å². The summed E-state index contributed by atoms with van der Waals surface area (Å²) in [6.45, 7) is 1.50. The van der Waals surface area contributed by atoms with E-state index in [0.29, 0.717) is 5.69 Å². The number of rotatable bonds is 5. The molecule has 2 aromatic carbocycles. The highest BCUT2D eigenvalue weighted by molar-refractivity contribution is 5.97. The Morgan fingerprint density at radius 3 is 2.47 bits per heavy atom. The predicted octanol–water partition coefficient (Wildman–Crippen LogP) is 5.31. The number of aliphatic carboxylic acids is 1. The maximum atomic E-state index is 13.8. The lowest BCUT2D eigenvalue weighted by Gasteiger charge is -2.30. The lowest BCUT2D eigenvalue weighted by Crippen LogP contribution is -2.31. The molecule has 0 amide bonds. The standard InChI is InChI=1S/C25H19F3N4O2/c1-15-18(11-29)22(17-9-5-6-10-19(17)25(26,27)28)23(24(33)34)21(31-15)13-32-12-20(30-14-32)16-7-3-2-4-8-16/h2-10,12,14,18,22H,13H2,1H3,(H,33,34). The molecule has 0 bridgehead atoms. The summed E-state index contributed by atoms with van der Waals surface area (Å²) in [6.07, 6.45) is -1.49. The van der Waals surface area contributed by atoms with Gasteiger partial charge in [0.15, 0.2) is 0 Å². The maximum absolute atomic E-state index is 13.8. The van der Waals surface area contributed by atoms with Crippen molar-refractivity contribution in [3.63, 3.8) is 0 Å². The normalized spacial score (nSPS) is 18.4. The van der Waals surface area contributed by atoms with Crippen molar-refractivity contribution < 1.29 is 23.1 Å². The second kappa shape index (κ2) is 8.98. The first-order valence-electron chi connectivity index (χ1n) is 10.3. The van der Waals surface area contributed by atoms with Gasteiger partial charge in [0, 0.05) is 23.4 Å². The van der Waals surface area contributed by atoms with Crippen molar-refractivity contribution in [2.75, 3.05) is 0 Å². The molecule has 2 heterocycles. The average Bonchev–Trinajstić information content (AvgIpc) is 3.27. The molecule has 6 nitrogen and oxygen atoms in total. The number of benzene rings is 2. The van der Waals surface area contributed by atoms with Crippen molar-refractivity contribution in [1.82, 2.24) is 9.55 Å². The summed E-state index contributed by atoms with van der Waals surface area (Å²) in [7, 11) is 0. The van der Waals surface area contributed by atoms with Crippen molar-refractivity contribution >= 4 is 11.7 Å². The molecule has 2 atom stereocenters. The van der Waals surface area contributed by atoms with Crippen molar-refractivity contribution in [3.05, 3.63) is 89.5 Å². The molecular weight excluding hydrogens is 445 g/mol. The highest BCUT2D eigenvalue weighted by Gasteiger charge is 2.43. The van der Waals surface area contributed by atoms with Crippen LogP contribution in [0.4, 0.5) is 13.2 Å². The van der Waals surface area contributed by atoms with E-state index in [1.807, 2.05) is 36.4 Å². The molecule has 1 aromatic heterocycles. The Bertz CT molecular complexity index is 1330. The van der Waals surface area contributed by atoms with E-state index in [0.717, 1.165) is 11.6 Å². The molecule has 0 aliphatic carbocycles. The largest absolute Gasteiger partial charge is 0.478 e. The van der Waals surface area contributed by atoms with Crippen LogP contribution in [0.2, 0.25) is 0 Å². The van der Waals surface area contributed by atoms with Gasteiger partial charge in [0.2, 0.25) is 0 Å². The molecule has 9 heteroatoms. The van der Waals surface area contributed by atoms with Gasteiger partial charge in [-0.25, -0.2) is 9.78 Å². The quantitative estimate of drug-likeness (QED) is 0.554. The summed E-state index contributed by atoms with van der Waals surface area (Å²) in [5.74, 6) is -3.90. The van der Waals surface area contributed by atoms with Crippen LogP contribution < -0.4 is 0 Å². The highest BCUT2D eigenvalue weighted by Crippen LogP contribution is 2.44. The Hall–Kier alpha value is -4.19. The van der Waals surface area contributed by atoms with E-state index in [1.54, 1.807) is 10.8 Å². The first kappa shape index (κ1) is 23.0. The lowest BCUT2D eigenvalue weighted by atomic mass is 9.74. The Morgan fingerprint density at radius 1 is 1.15 bits per heavy atom. The van der Waals surface area contributed by atoms with Gasteiger partial charge in [0.1, 0.15) is 0 Å². The van der Waals surface area contributed by atoms with Crippen LogP contribution in [0, 0.1) is 17.2 Å². The van der Waals surface area contributed by atoms with Crippen LogP contribution in [0.25, 0.3) is 11.3 Å². The van der Waals surface area contributed by atoms with Gasteiger partial charge in [-0.2, -0.15) is 18.4 Å². The Labute approximate surface area is 193 Å². The predicted molar refractivity (Wildman–Crippen MR) is 119 cm³/mol. The zero-order valence-corrected chi connectivity index (χ0v) is 18.0. The number of alkyl halides is 3. The summed E-state index contributed by atoms with van der Waals surface area (Å²) < 4.78 is 43.0. The zero-order chi connectivity index (χ0) is 24.5. The summed E-state index contributed by atoms with van der Waals surface area (Å²) >= 11 is 0. The van der Waals surface area contributed by atoms with E-state index in [-0.39, 0.29) is 29.1 Å². The number of hydrogen-bond donors (Lipinski definition) is 1. The minimum absolute atomic E-state index is 0.0262. The van der Waals surface area contributed by atoms with Crippen molar-refractivity contribution in [1.29, 1.82) is 5.26 Å². The lowest BCUT2D eigenvalue weighted by molar-refractivity contribution is -0.139. The molecule has 172 valence electrons. The number of hydrogen-bond acceptors (Lipinski definition) is 4. The van der Waals surface area contributed by atoms with Crippen molar-refractivity contribution in [3.8, 4) is 17.3 Å². The Kier molecular flexibility index (Phi) is 6.07. The SMILES string of the molecule is CC1=NC(Cn2cnc(-c3ccccc3)c2)=C(C(=O)O)C(c2ccccc2C(F)(F)F)C1C#N. The third-order valence-corrected chi connectivity index (χ3v) is 5.72. The van der Waals surface area contributed by atoms with E-state index < -0.39 is 29.5 Å². The van der Waals surface area contributed by atoms with Crippen LogP contribution in [0.5, 0.6) is 0 Å². The highest BCUT2D eigenvalue weighted by atomic mass is 19.4. The molecule has 2 unspecified atom stereocenters. The molecule has 4 rings (SSSR count). The van der Waals surface area contributed by atoms with Gasteiger partial charge in [0.05, 0.1) is 47.4 Å². The molecule has 1 N–H and O–H groups in total. The second-order valence-corrected chi connectivity index (χ2v) is 7.89. The number of nitriles is 1. The average molecular weight is 464 g/mol. The number of nitrogens with zero attached hydrogens (tertiary/aromatic N) is 4. The third kappa shape index (κ3) is 4.35. The molecule has 0 spiro atoms. The number of carboxylic acid groups (broad SMARTS) is 1. The third-order valence-electron chi connectivity index (χ3n) is 5.72. The van der Waals surface area contributed by atoms with Gasteiger partial charge in [0.25, 0.3) is 0 Å². The van der Waals surface area contributed by atoms with Gasteiger partial charge in [-0.15, -0.1) is 0 Å². The number of allylic oxidation sites excluding steroid dienone is 1. The zero-order valence-electron chi connectivity index (χ0n) is 18.0. The Morgan fingerprint density at radius 2 is 1.82 bits per heavy atom. The fraction of sp³-hybridized carbons (Fsp3) is 0.200. The molecule has 1 aliphatic rings. The summed E-state index contributed by atoms with van der Waals surface area (Å²) in [6, 6.07) is 16.1. The van der Waals surface area contributed by atoms with Crippen LogP contribution in [-0.4, -0.2) is 26.3 Å². The minimum atomic E-state index is -4.71. The fourth-order valence-corrected chi connectivity index (χ4v) is 4.21. The molecule has 0 saturated heterocycles. The van der Waals surface area contributed by atoms with E-state index >= 15 is 0 Å². The molecule has 0 radical (unpaired) electrons. The van der Waals surface area contributed by atoms with Crippen LogP contribution >= 0.6 is 0 Å². The summed E-state index contributed by atoms with van der Waals surface area (Å²) in [4.78, 5) is 21.0. The summed E-state index contributed by atoms with van der Waals surface area (Å²) in [5, 5.41) is 19.8.